The fraction of sp³-hybridized carbons (Fsp3) is 0.833. The van der Waals surface area contributed by atoms with Gasteiger partial charge in [0.15, 0.2) is 0 Å². The van der Waals surface area contributed by atoms with Gasteiger partial charge in [0, 0.05) is 6.42 Å². The van der Waals surface area contributed by atoms with E-state index in [-0.39, 0.29) is 18.6 Å². The molecule has 1 aliphatic rings. The van der Waals surface area contributed by atoms with Gasteiger partial charge in [0.25, 0.3) is 0 Å². The molecule has 0 aromatic heterocycles. The van der Waals surface area contributed by atoms with Crippen LogP contribution in [0.4, 0.5) is 0 Å². The molecule has 4 heteroatoms. The van der Waals surface area contributed by atoms with Crippen molar-refractivity contribution in [2.45, 2.75) is 12.5 Å². The lowest BCUT2D eigenvalue weighted by molar-refractivity contribution is -0.147. The van der Waals surface area contributed by atoms with Crippen molar-refractivity contribution in [2.75, 3.05) is 19.8 Å². The topological polar surface area (TPSA) is 61.6 Å². The van der Waals surface area contributed by atoms with Crippen molar-refractivity contribution in [3.05, 3.63) is 0 Å². The average Bonchev–Trinajstić information content (AvgIpc) is 2.40. The fourth-order valence-electron chi connectivity index (χ4n) is 0.840. The van der Waals surface area contributed by atoms with Gasteiger partial charge in [-0.25, -0.2) is 0 Å². The van der Waals surface area contributed by atoms with Crippen molar-refractivity contribution in [1.29, 1.82) is 0 Å². The van der Waals surface area contributed by atoms with Gasteiger partial charge in [0.2, 0.25) is 0 Å². The number of nitrogens with two attached hydrogens (primary N) is 1. The number of carbonyl (C=O) groups excluding carboxylic acids is 1. The molecule has 10 heavy (non-hydrogen) atoms. The molecular formula is C6H11NO3. The second-order valence-electron chi connectivity index (χ2n) is 2.18. The molecule has 0 spiro atoms. The molecule has 1 unspecified atom stereocenters. The highest BCUT2D eigenvalue weighted by Crippen LogP contribution is 2.07. The first-order valence-electron chi connectivity index (χ1n) is 3.30. The van der Waals surface area contributed by atoms with E-state index in [0.717, 1.165) is 6.42 Å². The van der Waals surface area contributed by atoms with E-state index in [1.54, 1.807) is 0 Å². The van der Waals surface area contributed by atoms with Crippen LogP contribution in [-0.2, 0) is 14.3 Å². The van der Waals surface area contributed by atoms with Crippen LogP contribution in [0.25, 0.3) is 0 Å². The van der Waals surface area contributed by atoms with E-state index in [1.807, 2.05) is 0 Å². The summed E-state index contributed by atoms with van der Waals surface area (Å²) in [6.07, 6.45) is 0.738. The molecule has 0 radical (unpaired) electrons. The molecular weight excluding hydrogens is 134 g/mol. The summed E-state index contributed by atoms with van der Waals surface area (Å²) in [5.74, 6) is -0.351. The van der Waals surface area contributed by atoms with Crippen LogP contribution in [0.5, 0.6) is 0 Å². The molecule has 1 atom stereocenters. The maximum atomic E-state index is 10.6. The van der Waals surface area contributed by atoms with Crippen molar-refractivity contribution in [2.24, 2.45) is 5.73 Å². The Morgan fingerprint density at radius 1 is 1.80 bits per heavy atom. The summed E-state index contributed by atoms with van der Waals surface area (Å²) in [6, 6.07) is 0. The Bertz CT molecular complexity index is 120. The predicted octanol–water partition coefficient (Wildman–Crippen LogP) is -0.723. The minimum atomic E-state index is -0.351. The number of carbonyl (C=O) groups is 1. The van der Waals surface area contributed by atoms with Crippen molar-refractivity contribution in [3.63, 3.8) is 0 Å². The van der Waals surface area contributed by atoms with Crippen LogP contribution in [0.3, 0.4) is 0 Å². The lowest BCUT2D eigenvalue weighted by atomic mass is 10.3. The molecule has 1 rings (SSSR count). The van der Waals surface area contributed by atoms with Gasteiger partial charge in [0.05, 0.1) is 19.8 Å². The zero-order chi connectivity index (χ0) is 7.40. The molecule has 0 saturated carbocycles. The fourth-order valence-corrected chi connectivity index (χ4v) is 0.840. The average molecular weight is 145 g/mol. The standard InChI is InChI=1S/C6H11NO3/c7-3-6(8)10-5-1-2-9-4-5/h5H,1-4,7H2. The summed E-state index contributed by atoms with van der Waals surface area (Å²) >= 11 is 0. The molecule has 1 aliphatic heterocycles. The summed E-state index contributed by atoms with van der Waals surface area (Å²) in [7, 11) is 0. The van der Waals surface area contributed by atoms with E-state index >= 15 is 0 Å². The second-order valence-corrected chi connectivity index (χ2v) is 2.18. The summed E-state index contributed by atoms with van der Waals surface area (Å²) in [4.78, 5) is 10.6. The van der Waals surface area contributed by atoms with Crippen LogP contribution < -0.4 is 5.73 Å². The molecule has 1 saturated heterocycles. The van der Waals surface area contributed by atoms with Gasteiger partial charge in [-0.05, 0) is 0 Å². The van der Waals surface area contributed by atoms with Crippen molar-refractivity contribution >= 4 is 5.97 Å². The molecule has 4 nitrogen and oxygen atoms in total. The molecule has 0 aromatic rings. The van der Waals surface area contributed by atoms with E-state index in [1.165, 1.54) is 0 Å². The molecule has 1 heterocycles. The Morgan fingerprint density at radius 2 is 2.60 bits per heavy atom. The molecule has 0 aliphatic carbocycles. The van der Waals surface area contributed by atoms with Crippen LogP contribution in [0.15, 0.2) is 0 Å². The number of esters is 1. The second kappa shape index (κ2) is 3.53. The highest BCUT2D eigenvalue weighted by atomic mass is 16.6. The van der Waals surface area contributed by atoms with Crippen LogP contribution in [0, 0.1) is 0 Å². The number of rotatable bonds is 2. The SMILES string of the molecule is NCC(=O)OC1CCOC1. The summed E-state index contributed by atoms with van der Waals surface area (Å²) in [6.45, 7) is 1.16. The largest absolute Gasteiger partial charge is 0.459 e. The minimum Gasteiger partial charge on any atom is -0.459 e. The third kappa shape index (κ3) is 1.97. The van der Waals surface area contributed by atoms with Gasteiger partial charge in [-0.2, -0.15) is 0 Å². The van der Waals surface area contributed by atoms with Gasteiger partial charge in [-0.3, -0.25) is 4.79 Å². The first-order chi connectivity index (χ1) is 4.83. The Morgan fingerprint density at radius 3 is 3.10 bits per heavy atom. The highest BCUT2D eigenvalue weighted by Gasteiger charge is 2.18. The van der Waals surface area contributed by atoms with E-state index in [9.17, 15) is 4.79 Å². The normalized spacial score (nSPS) is 24.7. The highest BCUT2D eigenvalue weighted by molar-refractivity contribution is 5.71. The van der Waals surface area contributed by atoms with Crippen molar-refractivity contribution < 1.29 is 14.3 Å². The maximum Gasteiger partial charge on any atom is 0.320 e. The molecule has 0 aromatic carbocycles. The monoisotopic (exact) mass is 145 g/mol. The van der Waals surface area contributed by atoms with E-state index < -0.39 is 0 Å². The van der Waals surface area contributed by atoms with Gasteiger partial charge < -0.3 is 15.2 Å². The molecule has 0 amide bonds. The maximum absolute atomic E-state index is 10.6. The Labute approximate surface area is 59.3 Å². The lowest BCUT2D eigenvalue weighted by Gasteiger charge is -2.07. The zero-order valence-electron chi connectivity index (χ0n) is 5.71. The summed E-state index contributed by atoms with van der Waals surface area (Å²) in [5.41, 5.74) is 5.03. The predicted molar refractivity (Wildman–Crippen MR) is 34.4 cm³/mol. The quantitative estimate of drug-likeness (QED) is 0.521. The Hall–Kier alpha value is -0.610. The summed E-state index contributed by atoms with van der Waals surface area (Å²) in [5, 5.41) is 0. The van der Waals surface area contributed by atoms with E-state index in [2.05, 4.69) is 0 Å². The van der Waals surface area contributed by atoms with Crippen LogP contribution >= 0.6 is 0 Å². The van der Waals surface area contributed by atoms with Crippen molar-refractivity contribution in [1.82, 2.24) is 0 Å². The smallest absolute Gasteiger partial charge is 0.320 e. The first-order valence-corrected chi connectivity index (χ1v) is 3.30. The molecule has 1 fully saturated rings. The minimum absolute atomic E-state index is 0.0451. The third-order valence-electron chi connectivity index (χ3n) is 1.35. The number of ether oxygens (including phenoxy) is 2. The third-order valence-corrected chi connectivity index (χ3v) is 1.35. The molecule has 2 N–H and O–H groups in total. The molecule has 0 bridgehead atoms. The lowest BCUT2D eigenvalue weighted by Crippen LogP contribution is -2.23. The van der Waals surface area contributed by atoms with Gasteiger partial charge in [-0.1, -0.05) is 0 Å². The van der Waals surface area contributed by atoms with E-state index in [0.29, 0.717) is 13.2 Å². The van der Waals surface area contributed by atoms with Crippen molar-refractivity contribution in [3.8, 4) is 0 Å². The van der Waals surface area contributed by atoms with Crippen LogP contribution in [0.1, 0.15) is 6.42 Å². The zero-order valence-corrected chi connectivity index (χ0v) is 5.71. The Kier molecular flexibility index (Phi) is 2.65. The summed E-state index contributed by atoms with van der Waals surface area (Å²) < 4.78 is 9.86. The van der Waals surface area contributed by atoms with Gasteiger partial charge >= 0.3 is 5.97 Å². The number of hydrogen-bond acceptors (Lipinski definition) is 4. The molecule has 58 valence electrons. The number of hydrogen-bond donors (Lipinski definition) is 1. The van der Waals surface area contributed by atoms with Crippen LogP contribution in [-0.4, -0.2) is 31.8 Å². The van der Waals surface area contributed by atoms with Crippen LogP contribution in [0.2, 0.25) is 0 Å². The first kappa shape index (κ1) is 7.50. The van der Waals surface area contributed by atoms with Gasteiger partial charge in [0.1, 0.15) is 6.10 Å². The van der Waals surface area contributed by atoms with Gasteiger partial charge in [-0.15, -0.1) is 0 Å². The van der Waals surface area contributed by atoms with E-state index in [4.69, 9.17) is 15.2 Å². The Balaban J connectivity index is 2.17.